The summed E-state index contributed by atoms with van der Waals surface area (Å²) in [6.07, 6.45) is 0.485. The van der Waals surface area contributed by atoms with Crippen molar-refractivity contribution < 1.29 is 19.1 Å². The summed E-state index contributed by atoms with van der Waals surface area (Å²) in [5.41, 5.74) is 1.11. The highest BCUT2D eigenvalue weighted by Gasteiger charge is 2.29. The smallest absolute Gasteiger partial charge is 0.322 e. The van der Waals surface area contributed by atoms with Gasteiger partial charge >= 0.3 is 6.03 Å². The van der Waals surface area contributed by atoms with E-state index >= 15 is 0 Å². The van der Waals surface area contributed by atoms with E-state index in [9.17, 15) is 14.4 Å². The van der Waals surface area contributed by atoms with Crippen molar-refractivity contribution in [1.29, 1.82) is 0 Å². The molecule has 1 atom stereocenters. The Labute approximate surface area is 135 Å². The van der Waals surface area contributed by atoms with Crippen LogP contribution in [0, 0.1) is 6.92 Å². The van der Waals surface area contributed by atoms with Crippen molar-refractivity contribution in [3.05, 3.63) is 29.8 Å². The third-order valence-corrected chi connectivity index (χ3v) is 3.62. The number of ether oxygens (including phenoxy) is 1. The average molecular weight is 319 g/mol. The fraction of sp³-hybridized carbons (Fsp3) is 0.438. The number of imide groups is 1. The van der Waals surface area contributed by atoms with Crippen molar-refractivity contribution in [1.82, 2.24) is 15.5 Å². The predicted molar refractivity (Wildman–Crippen MR) is 84.0 cm³/mol. The van der Waals surface area contributed by atoms with Gasteiger partial charge in [0.15, 0.2) is 0 Å². The van der Waals surface area contributed by atoms with Gasteiger partial charge in [-0.3, -0.25) is 14.9 Å². The Balaban J connectivity index is 1.68. The minimum atomic E-state index is -0.622. The van der Waals surface area contributed by atoms with Crippen LogP contribution in [0.4, 0.5) is 4.79 Å². The van der Waals surface area contributed by atoms with E-state index < -0.39 is 12.1 Å². The first-order valence-corrected chi connectivity index (χ1v) is 7.50. The number of urea groups is 1. The molecule has 23 heavy (non-hydrogen) atoms. The lowest BCUT2D eigenvalue weighted by atomic mass is 10.1. The molecule has 0 unspecified atom stereocenters. The number of benzene rings is 1. The van der Waals surface area contributed by atoms with Gasteiger partial charge in [-0.1, -0.05) is 12.1 Å². The SMILES string of the molecule is Cc1cccc(OCCN(C)C(=O)CC[C@H]2NC(=O)NC2=O)c1. The molecule has 2 rings (SSSR count). The van der Waals surface area contributed by atoms with Crippen molar-refractivity contribution in [2.24, 2.45) is 0 Å². The summed E-state index contributed by atoms with van der Waals surface area (Å²) in [6.45, 7) is 2.84. The summed E-state index contributed by atoms with van der Waals surface area (Å²) in [5, 5.41) is 4.62. The van der Waals surface area contributed by atoms with Gasteiger partial charge in [-0.2, -0.15) is 0 Å². The number of likely N-dealkylation sites (N-methyl/N-ethyl adjacent to an activating group) is 1. The molecule has 0 bridgehead atoms. The van der Waals surface area contributed by atoms with Gasteiger partial charge in [-0.25, -0.2) is 4.79 Å². The molecule has 1 aromatic rings. The first kappa shape index (κ1) is 16.8. The minimum Gasteiger partial charge on any atom is -0.492 e. The van der Waals surface area contributed by atoms with Crippen molar-refractivity contribution in [2.45, 2.75) is 25.8 Å². The molecule has 0 aliphatic carbocycles. The lowest BCUT2D eigenvalue weighted by molar-refractivity contribution is -0.130. The van der Waals surface area contributed by atoms with Crippen molar-refractivity contribution >= 4 is 17.8 Å². The highest BCUT2D eigenvalue weighted by atomic mass is 16.5. The van der Waals surface area contributed by atoms with Crippen LogP contribution in [0.1, 0.15) is 18.4 Å². The van der Waals surface area contributed by atoms with Crippen LogP contribution in [-0.4, -0.2) is 49.0 Å². The molecule has 1 aromatic carbocycles. The molecule has 7 nitrogen and oxygen atoms in total. The van der Waals surface area contributed by atoms with E-state index in [0.29, 0.717) is 19.6 Å². The van der Waals surface area contributed by atoms with Crippen LogP contribution in [0.25, 0.3) is 0 Å². The van der Waals surface area contributed by atoms with E-state index in [2.05, 4.69) is 10.6 Å². The highest BCUT2D eigenvalue weighted by Crippen LogP contribution is 2.12. The first-order chi connectivity index (χ1) is 11.0. The first-order valence-electron chi connectivity index (χ1n) is 7.50. The molecule has 0 aromatic heterocycles. The maximum atomic E-state index is 12.0. The maximum Gasteiger partial charge on any atom is 0.322 e. The Morgan fingerprint density at radius 1 is 1.35 bits per heavy atom. The lowest BCUT2D eigenvalue weighted by Gasteiger charge is -2.18. The normalized spacial score (nSPS) is 16.7. The van der Waals surface area contributed by atoms with Gasteiger partial charge < -0.3 is 15.0 Å². The van der Waals surface area contributed by atoms with E-state index in [1.54, 1.807) is 11.9 Å². The number of hydrogen-bond acceptors (Lipinski definition) is 4. The lowest BCUT2D eigenvalue weighted by Crippen LogP contribution is -2.34. The number of aryl methyl sites for hydroxylation is 1. The van der Waals surface area contributed by atoms with Gasteiger partial charge in [-0.05, 0) is 31.0 Å². The summed E-state index contributed by atoms with van der Waals surface area (Å²) in [4.78, 5) is 35.9. The highest BCUT2D eigenvalue weighted by molar-refractivity contribution is 6.04. The van der Waals surface area contributed by atoms with Gasteiger partial charge in [0.2, 0.25) is 5.91 Å². The van der Waals surface area contributed by atoms with Crippen molar-refractivity contribution in [3.8, 4) is 5.75 Å². The summed E-state index contributed by atoms with van der Waals surface area (Å²) in [5.74, 6) is 0.302. The quantitative estimate of drug-likeness (QED) is 0.728. The molecular formula is C16H21N3O4. The van der Waals surface area contributed by atoms with Crippen LogP contribution in [0.5, 0.6) is 5.75 Å². The zero-order valence-corrected chi connectivity index (χ0v) is 13.3. The number of amides is 4. The monoisotopic (exact) mass is 319 g/mol. The van der Waals surface area contributed by atoms with Crippen LogP contribution in [-0.2, 0) is 9.59 Å². The number of carbonyl (C=O) groups excluding carboxylic acids is 3. The largest absolute Gasteiger partial charge is 0.492 e. The van der Waals surface area contributed by atoms with Crippen molar-refractivity contribution in [3.63, 3.8) is 0 Å². The zero-order chi connectivity index (χ0) is 16.8. The molecule has 1 aliphatic rings. The molecule has 7 heteroatoms. The zero-order valence-electron chi connectivity index (χ0n) is 13.3. The Hall–Kier alpha value is -2.57. The van der Waals surface area contributed by atoms with Crippen LogP contribution in [0.15, 0.2) is 24.3 Å². The van der Waals surface area contributed by atoms with Crippen LogP contribution < -0.4 is 15.4 Å². The standard InChI is InChI=1S/C16H21N3O4/c1-11-4-3-5-12(10-11)23-9-8-19(2)14(20)7-6-13-15(21)18-16(22)17-13/h3-5,10,13H,6-9H2,1-2H3,(H2,17,18,21,22)/t13-/m1/s1. The molecule has 1 fully saturated rings. The third kappa shape index (κ3) is 4.98. The van der Waals surface area contributed by atoms with Gasteiger partial charge in [0, 0.05) is 13.5 Å². The molecule has 4 amide bonds. The van der Waals surface area contributed by atoms with Gasteiger partial charge in [0.05, 0.1) is 6.54 Å². The molecule has 0 radical (unpaired) electrons. The second-order valence-electron chi connectivity index (χ2n) is 5.53. The molecule has 124 valence electrons. The predicted octanol–water partition coefficient (Wildman–Crippen LogP) is 0.820. The molecule has 1 saturated heterocycles. The summed E-state index contributed by atoms with van der Waals surface area (Å²) in [7, 11) is 1.69. The number of nitrogens with zero attached hydrogens (tertiary/aromatic N) is 1. The average Bonchev–Trinajstić information content (AvgIpc) is 2.82. The topological polar surface area (TPSA) is 87.7 Å². The number of nitrogens with one attached hydrogen (secondary N) is 2. The van der Waals surface area contributed by atoms with E-state index in [4.69, 9.17) is 4.74 Å². The second kappa shape index (κ2) is 7.62. The van der Waals surface area contributed by atoms with Gasteiger partial charge in [0.1, 0.15) is 18.4 Å². The van der Waals surface area contributed by atoms with E-state index in [0.717, 1.165) is 11.3 Å². The number of rotatable bonds is 7. The fourth-order valence-corrected chi connectivity index (χ4v) is 2.25. The van der Waals surface area contributed by atoms with Crippen LogP contribution in [0.3, 0.4) is 0 Å². The molecule has 1 aliphatic heterocycles. The van der Waals surface area contributed by atoms with E-state index in [1.165, 1.54) is 0 Å². The third-order valence-electron chi connectivity index (χ3n) is 3.62. The number of hydrogen-bond donors (Lipinski definition) is 2. The van der Waals surface area contributed by atoms with E-state index in [-0.39, 0.29) is 18.2 Å². The number of carbonyl (C=O) groups is 3. The van der Waals surface area contributed by atoms with Gasteiger partial charge in [0.25, 0.3) is 5.91 Å². The molecule has 0 saturated carbocycles. The molecular weight excluding hydrogens is 298 g/mol. The summed E-state index contributed by atoms with van der Waals surface area (Å²) >= 11 is 0. The fourth-order valence-electron chi connectivity index (χ4n) is 2.25. The van der Waals surface area contributed by atoms with Gasteiger partial charge in [-0.15, -0.1) is 0 Å². The van der Waals surface area contributed by atoms with Crippen molar-refractivity contribution in [2.75, 3.05) is 20.2 Å². The Morgan fingerprint density at radius 2 is 2.13 bits per heavy atom. The Bertz CT molecular complexity index is 603. The molecule has 1 heterocycles. The Kier molecular flexibility index (Phi) is 5.56. The van der Waals surface area contributed by atoms with Crippen LogP contribution in [0.2, 0.25) is 0 Å². The van der Waals surface area contributed by atoms with Crippen LogP contribution >= 0.6 is 0 Å². The second-order valence-corrected chi connectivity index (χ2v) is 5.53. The molecule has 2 N–H and O–H groups in total. The Morgan fingerprint density at radius 3 is 2.78 bits per heavy atom. The van der Waals surface area contributed by atoms with E-state index in [1.807, 2.05) is 31.2 Å². The summed E-state index contributed by atoms with van der Waals surface area (Å²) < 4.78 is 5.60. The minimum absolute atomic E-state index is 0.0909. The summed E-state index contributed by atoms with van der Waals surface area (Å²) in [6, 6.07) is 6.58. The molecule has 0 spiro atoms. The maximum absolute atomic E-state index is 12.0.